The Morgan fingerprint density at radius 3 is 2.59 bits per heavy atom. The number of nitro groups is 1. The SMILES string of the molecule is CCOC(=O)CC1c2ccc(O)cc2OC(=O)C1c1ccc([N+](=O)[O-])cc1. The molecule has 2 atom stereocenters. The zero-order valence-corrected chi connectivity index (χ0v) is 14.5. The number of carbonyl (C=O) groups excluding carboxylic acids is 2. The lowest BCUT2D eigenvalue weighted by Gasteiger charge is -2.31. The molecule has 2 aromatic carbocycles. The number of aromatic hydroxyl groups is 1. The maximum Gasteiger partial charge on any atom is 0.319 e. The lowest BCUT2D eigenvalue weighted by Crippen LogP contribution is -2.31. The number of hydrogen-bond donors (Lipinski definition) is 1. The van der Waals surface area contributed by atoms with E-state index in [9.17, 15) is 24.8 Å². The highest BCUT2D eigenvalue weighted by atomic mass is 16.6. The Labute approximate surface area is 154 Å². The van der Waals surface area contributed by atoms with Crippen LogP contribution in [-0.2, 0) is 14.3 Å². The van der Waals surface area contributed by atoms with E-state index in [2.05, 4.69) is 0 Å². The van der Waals surface area contributed by atoms with Gasteiger partial charge >= 0.3 is 11.9 Å². The van der Waals surface area contributed by atoms with Crippen molar-refractivity contribution >= 4 is 17.6 Å². The van der Waals surface area contributed by atoms with Gasteiger partial charge < -0.3 is 14.6 Å². The van der Waals surface area contributed by atoms with Gasteiger partial charge in [0.1, 0.15) is 11.5 Å². The highest BCUT2D eigenvalue weighted by molar-refractivity contribution is 5.86. The van der Waals surface area contributed by atoms with Gasteiger partial charge in [-0.2, -0.15) is 0 Å². The molecular weight excluding hydrogens is 354 g/mol. The molecule has 0 spiro atoms. The van der Waals surface area contributed by atoms with Crippen LogP contribution in [0.25, 0.3) is 0 Å². The van der Waals surface area contributed by atoms with Gasteiger partial charge in [-0.1, -0.05) is 18.2 Å². The minimum Gasteiger partial charge on any atom is -0.508 e. The van der Waals surface area contributed by atoms with Crippen LogP contribution in [-0.4, -0.2) is 28.6 Å². The molecule has 0 saturated heterocycles. The summed E-state index contributed by atoms with van der Waals surface area (Å²) >= 11 is 0. The van der Waals surface area contributed by atoms with Crippen molar-refractivity contribution in [2.24, 2.45) is 0 Å². The van der Waals surface area contributed by atoms with E-state index in [0.717, 1.165) is 0 Å². The summed E-state index contributed by atoms with van der Waals surface area (Å²) in [4.78, 5) is 35.1. The van der Waals surface area contributed by atoms with E-state index >= 15 is 0 Å². The molecule has 0 aromatic heterocycles. The summed E-state index contributed by atoms with van der Waals surface area (Å²) in [6, 6.07) is 9.92. The van der Waals surface area contributed by atoms with Gasteiger partial charge in [0.15, 0.2) is 0 Å². The zero-order valence-electron chi connectivity index (χ0n) is 14.5. The van der Waals surface area contributed by atoms with Crippen LogP contribution in [0.15, 0.2) is 42.5 Å². The number of rotatable bonds is 5. The van der Waals surface area contributed by atoms with Crippen LogP contribution >= 0.6 is 0 Å². The molecule has 0 bridgehead atoms. The summed E-state index contributed by atoms with van der Waals surface area (Å²) in [5.41, 5.74) is 0.984. The van der Waals surface area contributed by atoms with Crippen LogP contribution in [0.3, 0.4) is 0 Å². The van der Waals surface area contributed by atoms with Crippen LogP contribution in [0.1, 0.15) is 36.3 Å². The molecule has 0 radical (unpaired) electrons. The number of nitrogens with zero attached hydrogens (tertiary/aromatic N) is 1. The molecule has 1 heterocycles. The largest absolute Gasteiger partial charge is 0.508 e. The average molecular weight is 371 g/mol. The van der Waals surface area contributed by atoms with Gasteiger partial charge in [-0.25, -0.2) is 0 Å². The Bertz CT molecular complexity index is 891. The van der Waals surface area contributed by atoms with Gasteiger partial charge in [-0.3, -0.25) is 19.7 Å². The number of benzene rings is 2. The molecule has 0 fully saturated rings. The molecule has 1 aliphatic rings. The van der Waals surface area contributed by atoms with Crippen LogP contribution in [0.2, 0.25) is 0 Å². The average Bonchev–Trinajstić information content (AvgIpc) is 2.61. The Kier molecular flexibility index (Phi) is 5.07. The van der Waals surface area contributed by atoms with Gasteiger partial charge in [-0.15, -0.1) is 0 Å². The molecule has 1 aliphatic heterocycles. The number of nitro benzene ring substituents is 1. The van der Waals surface area contributed by atoms with E-state index in [1.807, 2.05) is 0 Å². The first-order valence-electron chi connectivity index (χ1n) is 8.35. The van der Waals surface area contributed by atoms with E-state index in [1.165, 1.54) is 36.4 Å². The number of non-ortho nitro benzene ring substituents is 1. The monoisotopic (exact) mass is 371 g/mol. The summed E-state index contributed by atoms with van der Waals surface area (Å²) in [7, 11) is 0. The quantitative estimate of drug-likeness (QED) is 0.372. The van der Waals surface area contributed by atoms with E-state index in [4.69, 9.17) is 9.47 Å². The van der Waals surface area contributed by atoms with E-state index < -0.39 is 28.7 Å². The predicted molar refractivity (Wildman–Crippen MR) is 93.6 cm³/mol. The lowest BCUT2D eigenvalue weighted by atomic mass is 9.77. The highest BCUT2D eigenvalue weighted by Crippen LogP contribution is 2.46. The van der Waals surface area contributed by atoms with Crippen molar-refractivity contribution in [2.45, 2.75) is 25.2 Å². The van der Waals surface area contributed by atoms with E-state index in [1.54, 1.807) is 13.0 Å². The van der Waals surface area contributed by atoms with E-state index in [-0.39, 0.29) is 30.2 Å². The van der Waals surface area contributed by atoms with Gasteiger partial charge in [0.2, 0.25) is 0 Å². The molecule has 3 rings (SSSR count). The number of phenols is 1. The van der Waals surface area contributed by atoms with Crippen LogP contribution in [0.4, 0.5) is 5.69 Å². The molecular formula is C19H17NO7. The predicted octanol–water partition coefficient (Wildman–Crippen LogP) is 3.04. The molecule has 8 heteroatoms. The normalized spacial score (nSPS) is 18.3. The van der Waals surface area contributed by atoms with Crippen molar-refractivity contribution in [2.75, 3.05) is 6.61 Å². The molecule has 27 heavy (non-hydrogen) atoms. The Hall–Kier alpha value is -3.42. The number of esters is 2. The summed E-state index contributed by atoms with van der Waals surface area (Å²) in [6.07, 6.45) is -0.0671. The summed E-state index contributed by atoms with van der Waals surface area (Å²) in [5.74, 6) is -2.35. The van der Waals surface area contributed by atoms with Crippen molar-refractivity contribution in [3.63, 3.8) is 0 Å². The second-order valence-corrected chi connectivity index (χ2v) is 6.09. The molecule has 2 aromatic rings. The smallest absolute Gasteiger partial charge is 0.319 e. The van der Waals surface area contributed by atoms with Crippen molar-refractivity contribution in [1.29, 1.82) is 0 Å². The van der Waals surface area contributed by atoms with Gasteiger partial charge in [0.05, 0.1) is 23.9 Å². The maximum atomic E-state index is 12.6. The van der Waals surface area contributed by atoms with Gasteiger partial charge in [-0.05, 0) is 18.6 Å². The second-order valence-electron chi connectivity index (χ2n) is 6.09. The molecule has 0 aliphatic carbocycles. The number of phenolic OH excluding ortho intramolecular Hbond substituents is 1. The maximum absolute atomic E-state index is 12.6. The fourth-order valence-electron chi connectivity index (χ4n) is 3.23. The molecule has 0 saturated carbocycles. The van der Waals surface area contributed by atoms with Gasteiger partial charge in [0, 0.05) is 29.7 Å². The minimum absolute atomic E-state index is 0.0646. The fraction of sp³-hybridized carbons (Fsp3) is 0.263. The molecule has 8 nitrogen and oxygen atoms in total. The Balaban J connectivity index is 2.03. The Morgan fingerprint density at radius 2 is 1.96 bits per heavy atom. The summed E-state index contributed by atoms with van der Waals surface area (Å²) < 4.78 is 10.4. The summed E-state index contributed by atoms with van der Waals surface area (Å²) in [6.45, 7) is 1.90. The van der Waals surface area contributed by atoms with Crippen molar-refractivity contribution in [1.82, 2.24) is 0 Å². The van der Waals surface area contributed by atoms with Gasteiger partial charge in [0.25, 0.3) is 5.69 Å². The van der Waals surface area contributed by atoms with Crippen LogP contribution in [0.5, 0.6) is 11.5 Å². The third kappa shape index (κ3) is 3.74. The second kappa shape index (κ2) is 7.45. The van der Waals surface area contributed by atoms with Crippen molar-refractivity contribution < 1.29 is 29.1 Å². The van der Waals surface area contributed by atoms with E-state index in [0.29, 0.717) is 11.1 Å². The first kappa shape index (κ1) is 18.4. The highest BCUT2D eigenvalue weighted by Gasteiger charge is 2.40. The molecule has 0 amide bonds. The first-order valence-corrected chi connectivity index (χ1v) is 8.35. The number of carbonyl (C=O) groups is 2. The first-order chi connectivity index (χ1) is 12.9. The minimum atomic E-state index is -0.827. The standard InChI is InChI=1S/C19H17NO7/c1-2-26-17(22)10-15-14-8-7-13(21)9-16(14)27-19(23)18(15)11-3-5-12(6-4-11)20(24)25/h3-9,15,18,21H,2,10H2,1H3. The molecule has 1 N–H and O–H groups in total. The number of ether oxygens (including phenoxy) is 2. The number of fused-ring (bicyclic) bond motifs is 1. The van der Waals surface area contributed by atoms with Crippen LogP contribution in [0, 0.1) is 10.1 Å². The Morgan fingerprint density at radius 1 is 1.26 bits per heavy atom. The molecule has 2 unspecified atom stereocenters. The summed E-state index contributed by atoms with van der Waals surface area (Å²) in [5, 5.41) is 20.5. The topological polar surface area (TPSA) is 116 Å². The van der Waals surface area contributed by atoms with Crippen LogP contribution < -0.4 is 4.74 Å². The van der Waals surface area contributed by atoms with Crippen molar-refractivity contribution in [3.8, 4) is 11.5 Å². The third-order valence-corrected chi connectivity index (χ3v) is 4.42. The van der Waals surface area contributed by atoms with Crippen molar-refractivity contribution in [3.05, 3.63) is 63.7 Å². The molecule has 140 valence electrons. The zero-order chi connectivity index (χ0) is 19.6. The third-order valence-electron chi connectivity index (χ3n) is 4.42. The number of hydrogen-bond acceptors (Lipinski definition) is 7. The fourth-order valence-corrected chi connectivity index (χ4v) is 3.23. The lowest BCUT2D eigenvalue weighted by molar-refractivity contribution is -0.384.